The fourth-order valence-electron chi connectivity index (χ4n) is 2.76. The van der Waals surface area contributed by atoms with Crippen LogP contribution in [0.4, 0.5) is 14.5 Å². The lowest BCUT2D eigenvalue weighted by Crippen LogP contribution is -2.39. The molecule has 7 heteroatoms. The molecule has 3 rings (SSSR count). The summed E-state index contributed by atoms with van der Waals surface area (Å²) in [7, 11) is 1.54. The van der Waals surface area contributed by atoms with Crippen molar-refractivity contribution in [3.63, 3.8) is 0 Å². The van der Waals surface area contributed by atoms with Crippen LogP contribution in [0.15, 0.2) is 42.5 Å². The van der Waals surface area contributed by atoms with Gasteiger partial charge in [-0.1, -0.05) is 24.3 Å². The Morgan fingerprint density at radius 2 is 1.92 bits per heavy atom. The van der Waals surface area contributed by atoms with Gasteiger partial charge in [0.05, 0.1) is 20.1 Å². The van der Waals surface area contributed by atoms with E-state index in [1.165, 1.54) is 18.1 Å². The highest BCUT2D eigenvalue weighted by Gasteiger charge is 2.36. The molecule has 0 N–H and O–H groups in total. The van der Waals surface area contributed by atoms with E-state index in [4.69, 9.17) is 4.74 Å². The van der Waals surface area contributed by atoms with Crippen LogP contribution in [0.1, 0.15) is 16.7 Å². The Hall–Kier alpha value is -2.96. The van der Waals surface area contributed by atoms with Gasteiger partial charge in [-0.05, 0) is 29.3 Å². The summed E-state index contributed by atoms with van der Waals surface area (Å²) in [6.45, 7) is 0.191. The maximum atomic E-state index is 13.7. The van der Waals surface area contributed by atoms with E-state index in [9.17, 15) is 23.5 Å². The molecule has 0 saturated carbocycles. The van der Waals surface area contributed by atoms with Gasteiger partial charge in [0.2, 0.25) is 5.91 Å². The van der Waals surface area contributed by atoms with Crippen molar-refractivity contribution in [3.8, 4) is 5.75 Å². The molecule has 1 amide bonds. The molecule has 0 radical (unpaired) electrons. The minimum absolute atomic E-state index is 0.0860. The van der Waals surface area contributed by atoms with Gasteiger partial charge >= 0.3 is 5.92 Å². The number of carbonyl (C=O) groups excluding carboxylic acids is 2. The summed E-state index contributed by atoms with van der Waals surface area (Å²) in [5.41, 5.74) is 0.954. The summed E-state index contributed by atoms with van der Waals surface area (Å²) in [5.74, 6) is -6.17. The van der Waals surface area contributed by atoms with Crippen LogP contribution in [-0.4, -0.2) is 19.0 Å². The Morgan fingerprint density at radius 3 is 2.52 bits per heavy atom. The number of methoxy groups -OCH3 is 1. The number of aliphatic carboxylic acids is 1. The van der Waals surface area contributed by atoms with E-state index in [0.717, 1.165) is 17.7 Å². The van der Waals surface area contributed by atoms with Crippen molar-refractivity contribution in [1.29, 1.82) is 0 Å². The molecule has 2 aromatic carbocycles. The second-order valence-electron chi connectivity index (χ2n) is 5.71. The highest BCUT2D eigenvalue weighted by Crippen LogP contribution is 2.36. The fraction of sp³-hybridized carbons (Fsp3) is 0.222. The molecule has 0 aromatic heterocycles. The van der Waals surface area contributed by atoms with Gasteiger partial charge < -0.3 is 19.5 Å². The first-order valence-corrected chi connectivity index (χ1v) is 7.49. The zero-order valence-corrected chi connectivity index (χ0v) is 13.3. The van der Waals surface area contributed by atoms with Crippen molar-refractivity contribution in [2.45, 2.75) is 18.9 Å². The Morgan fingerprint density at radius 1 is 1.24 bits per heavy atom. The van der Waals surface area contributed by atoms with Crippen molar-refractivity contribution >= 4 is 17.6 Å². The summed E-state index contributed by atoms with van der Waals surface area (Å²) < 4.78 is 32.5. The number of amides is 1. The van der Waals surface area contributed by atoms with Crippen LogP contribution in [0, 0.1) is 0 Å². The third-order valence-corrected chi connectivity index (χ3v) is 4.14. The average molecular weight is 346 g/mol. The molecular formula is C18H14F2NO4-. The van der Waals surface area contributed by atoms with E-state index in [-0.39, 0.29) is 18.9 Å². The van der Waals surface area contributed by atoms with Crippen molar-refractivity contribution < 1.29 is 28.2 Å². The van der Waals surface area contributed by atoms with Gasteiger partial charge in [0.1, 0.15) is 11.7 Å². The van der Waals surface area contributed by atoms with Crippen LogP contribution in [0.3, 0.4) is 0 Å². The molecule has 25 heavy (non-hydrogen) atoms. The Kier molecular flexibility index (Phi) is 4.16. The minimum Gasteiger partial charge on any atom is -0.544 e. The number of anilines is 1. The number of hydrogen-bond acceptors (Lipinski definition) is 4. The topological polar surface area (TPSA) is 69.7 Å². The highest BCUT2D eigenvalue weighted by atomic mass is 19.3. The number of carboxylic acids is 1. The Balaban J connectivity index is 1.93. The molecule has 130 valence electrons. The second-order valence-corrected chi connectivity index (χ2v) is 5.71. The molecule has 0 unspecified atom stereocenters. The summed E-state index contributed by atoms with van der Waals surface area (Å²) in [6, 6.07) is 10.4. The Bertz CT molecular complexity index is 833. The number of rotatable bonds is 5. The molecule has 0 aliphatic carbocycles. The third-order valence-electron chi connectivity index (χ3n) is 4.14. The van der Waals surface area contributed by atoms with E-state index in [0.29, 0.717) is 17.0 Å². The quantitative estimate of drug-likeness (QED) is 0.825. The predicted octanol–water partition coefficient (Wildman–Crippen LogP) is 1.63. The molecule has 1 heterocycles. The van der Waals surface area contributed by atoms with E-state index < -0.39 is 17.5 Å². The number of fused-ring (bicyclic) bond motifs is 1. The van der Waals surface area contributed by atoms with Gasteiger partial charge in [-0.2, -0.15) is 8.78 Å². The lowest BCUT2D eigenvalue weighted by molar-refractivity contribution is -0.331. The number of carbonyl (C=O) groups is 2. The van der Waals surface area contributed by atoms with Crippen LogP contribution in [-0.2, 0) is 28.5 Å². The summed E-state index contributed by atoms with van der Waals surface area (Å²) in [6.07, 6.45) is 0.0860. The summed E-state index contributed by atoms with van der Waals surface area (Å²) in [4.78, 5) is 24.3. The number of carboxylic acid groups (broad SMARTS) is 1. The normalized spacial score (nSPS) is 13.7. The number of alkyl halides is 2. The third kappa shape index (κ3) is 3.05. The van der Waals surface area contributed by atoms with Crippen molar-refractivity contribution in [1.82, 2.24) is 0 Å². The maximum absolute atomic E-state index is 13.7. The van der Waals surface area contributed by atoms with E-state index >= 15 is 0 Å². The number of nitrogens with zero attached hydrogens (tertiary/aromatic N) is 1. The number of hydrogen-bond donors (Lipinski definition) is 0. The largest absolute Gasteiger partial charge is 0.544 e. The number of halogens is 2. The highest BCUT2D eigenvalue weighted by molar-refractivity contribution is 6.01. The van der Waals surface area contributed by atoms with Crippen LogP contribution >= 0.6 is 0 Å². The molecule has 0 spiro atoms. The van der Waals surface area contributed by atoms with Gasteiger partial charge in [-0.3, -0.25) is 4.79 Å². The first kappa shape index (κ1) is 16.9. The fourth-order valence-corrected chi connectivity index (χ4v) is 2.76. The van der Waals surface area contributed by atoms with E-state index in [1.54, 1.807) is 24.3 Å². The van der Waals surface area contributed by atoms with Crippen molar-refractivity contribution in [3.05, 3.63) is 59.2 Å². The van der Waals surface area contributed by atoms with Crippen LogP contribution in [0.25, 0.3) is 0 Å². The smallest absolute Gasteiger partial charge is 0.312 e. The van der Waals surface area contributed by atoms with Gasteiger partial charge in [-0.15, -0.1) is 0 Å². The van der Waals surface area contributed by atoms with E-state index in [2.05, 4.69) is 0 Å². The van der Waals surface area contributed by atoms with E-state index in [1.807, 2.05) is 0 Å². The molecule has 0 atom stereocenters. The van der Waals surface area contributed by atoms with Crippen LogP contribution in [0.5, 0.6) is 5.75 Å². The molecule has 1 aliphatic rings. The molecule has 5 nitrogen and oxygen atoms in total. The monoisotopic (exact) mass is 346 g/mol. The second kappa shape index (κ2) is 6.16. The standard InChI is InChI=1S/C18H15F2NO4/c1-25-14-6-2-11(3-7-14)10-21-15-9-13(18(19,20)17(23)24)5-4-12(15)8-16(21)22/h2-7,9H,8,10H2,1H3,(H,23,24)/p-1. The van der Waals surface area contributed by atoms with Gasteiger partial charge in [0.15, 0.2) is 0 Å². The first-order valence-electron chi connectivity index (χ1n) is 7.49. The van der Waals surface area contributed by atoms with Crippen LogP contribution < -0.4 is 14.7 Å². The van der Waals surface area contributed by atoms with Crippen LogP contribution in [0.2, 0.25) is 0 Å². The number of ether oxygens (including phenoxy) is 1. The van der Waals surface area contributed by atoms with Gasteiger partial charge in [-0.25, -0.2) is 0 Å². The molecule has 2 aromatic rings. The summed E-state index contributed by atoms with van der Waals surface area (Å²) in [5, 5.41) is 10.7. The van der Waals surface area contributed by atoms with Gasteiger partial charge in [0.25, 0.3) is 0 Å². The van der Waals surface area contributed by atoms with Gasteiger partial charge in [0, 0.05) is 11.3 Å². The molecule has 0 bridgehead atoms. The SMILES string of the molecule is COc1ccc(CN2C(=O)Cc3ccc(C(F)(F)C(=O)[O-])cc32)cc1. The van der Waals surface area contributed by atoms with Crippen molar-refractivity contribution in [2.75, 3.05) is 12.0 Å². The Labute approximate surface area is 142 Å². The lowest BCUT2D eigenvalue weighted by Gasteiger charge is -2.21. The molecule has 0 saturated heterocycles. The average Bonchev–Trinajstić information content (AvgIpc) is 2.90. The first-order chi connectivity index (χ1) is 11.8. The van der Waals surface area contributed by atoms with Crippen molar-refractivity contribution in [2.24, 2.45) is 0 Å². The molecule has 1 aliphatic heterocycles. The lowest BCUT2D eigenvalue weighted by atomic mass is 10.0. The maximum Gasteiger partial charge on any atom is 0.312 e. The number of benzene rings is 2. The zero-order chi connectivity index (χ0) is 18.2. The molecule has 0 fully saturated rings. The molecular weight excluding hydrogens is 332 g/mol. The zero-order valence-electron chi connectivity index (χ0n) is 13.3. The minimum atomic E-state index is -4.12. The predicted molar refractivity (Wildman–Crippen MR) is 83.2 cm³/mol. The summed E-state index contributed by atoms with van der Waals surface area (Å²) >= 11 is 0.